The van der Waals surface area contributed by atoms with Crippen LogP contribution in [0.15, 0.2) is 24.3 Å². The summed E-state index contributed by atoms with van der Waals surface area (Å²) in [6, 6.07) is 1.44. The van der Waals surface area contributed by atoms with Gasteiger partial charge in [0.15, 0.2) is 11.5 Å². The van der Waals surface area contributed by atoms with E-state index in [9.17, 15) is 6.48 Å². The molecule has 116 valence electrons. The van der Waals surface area contributed by atoms with Crippen molar-refractivity contribution in [3.05, 3.63) is 35.4 Å². The van der Waals surface area contributed by atoms with E-state index in [0.717, 1.165) is 11.0 Å². The van der Waals surface area contributed by atoms with Crippen molar-refractivity contribution in [1.82, 2.24) is 4.90 Å². The number of likely N-dealkylation sites (tertiary alicyclic amines) is 1. The number of methoxy groups -OCH3 is 1. The molecule has 0 amide bonds. The second-order valence-electron chi connectivity index (χ2n) is 6.02. The fraction of sp³-hybridized carbons (Fsp3) is 0.556. The zero-order chi connectivity index (χ0) is 22.1. The first-order valence-electron chi connectivity index (χ1n) is 11.3. The standard InChI is InChI=1S/C18H21NO3/c1-19-8-7-18-11-4-5-13(20)17(18)22-16-14(21-2)6-3-10(15(16)18)9-12(11)19/h3-6,11-13,17,20H,7-9H2,1-2H3/t11-,12+,13?,17?,18-/m0/s1/i1D3,9D2,11D,13D,17D. The van der Waals surface area contributed by atoms with Crippen molar-refractivity contribution >= 4 is 0 Å². The molecule has 4 nitrogen and oxygen atoms in total. The molecule has 5 rings (SSSR count). The zero-order valence-electron chi connectivity index (χ0n) is 20.0. The van der Waals surface area contributed by atoms with Crippen LogP contribution in [0.4, 0.5) is 0 Å². The van der Waals surface area contributed by atoms with Crippen molar-refractivity contribution in [3.63, 3.8) is 0 Å². The number of likely N-dealkylation sites (N-methyl/N-ethyl adjacent to an activating group) is 1. The van der Waals surface area contributed by atoms with Crippen LogP contribution in [0, 0.1) is 5.89 Å². The molecule has 22 heavy (non-hydrogen) atoms. The van der Waals surface area contributed by atoms with Crippen molar-refractivity contribution in [3.8, 4) is 11.5 Å². The molecule has 1 aromatic carbocycles. The van der Waals surface area contributed by atoms with E-state index in [1.54, 1.807) is 0 Å². The van der Waals surface area contributed by atoms with Crippen molar-refractivity contribution in [1.29, 1.82) is 0 Å². The molecule has 1 spiro atoms. The molecule has 4 aliphatic rings. The molecule has 4 heteroatoms. The maximum absolute atomic E-state index is 10.9. The first-order valence-corrected chi connectivity index (χ1v) is 7.29. The smallest absolute Gasteiger partial charge is 0.165 e. The highest BCUT2D eigenvalue weighted by Crippen LogP contribution is 2.62. The van der Waals surface area contributed by atoms with E-state index in [0.29, 0.717) is 0 Å². The Balaban J connectivity index is 1.95. The molecule has 1 N–H and O–H groups in total. The molecule has 2 aliphatic heterocycles. The van der Waals surface area contributed by atoms with Crippen molar-refractivity contribution in [2.75, 3.05) is 20.6 Å². The lowest BCUT2D eigenvalue weighted by Gasteiger charge is -2.56. The highest BCUT2D eigenvalue weighted by molar-refractivity contribution is 5.62. The van der Waals surface area contributed by atoms with Gasteiger partial charge in [-0.25, -0.2) is 0 Å². The van der Waals surface area contributed by atoms with E-state index in [-0.39, 0.29) is 35.6 Å². The van der Waals surface area contributed by atoms with Gasteiger partial charge in [0, 0.05) is 31.1 Å². The van der Waals surface area contributed by atoms with E-state index in [1.165, 1.54) is 25.3 Å². The summed E-state index contributed by atoms with van der Waals surface area (Å²) in [5, 5.41) is 10.9. The minimum absolute atomic E-state index is 0.0284. The van der Waals surface area contributed by atoms with Gasteiger partial charge < -0.3 is 19.5 Å². The van der Waals surface area contributed by atoms with Crippen LogP contribution in [0.25, 0.3) is 0 Å². The monoisotopic (exact) mass is 307 g/mol. The number of aliphatic hydroxyl groups is 1. The highest BCUT2D eigenvalue weighted by Gasteiger charge is 2.64. The largest absolute Gasteiger partial charge is 0.493 e. The quantitative estimate of drug-likeness (QED) is 0.799. The minimum Gasteiger partial charge on any atom is -0.493 e. The van der Waals surface area contributed by atoms with Gasteiger partial charge in [-0.3, -0.25) is 0 Å². The third kappa shape index (κ3) is 1.28. The van der Waals surface area contributed by atoms with Gasteiger partial charge in [0.2, 0.25) is 0 Å². The van der Waals surface area contributed by atoms with Crippen LogP contribution < -0.4 is 9.47 Å². The summed E-state index contributed by atoms with van der Waals surface area (Å²) in [5.41, 5.74) is -1.35. The molecule has 2 aliphatic carbocycles. The van der Waals surface area contributed by atoms with Crippen molar-refractivity contribution < 1.29 is 25.5 Å². The Morgan fingerprint density at radius 2 is 2.45 bits per heavy atom. The van der Waals surface area contributed by atoms with Crippen molar-refractivity contribution in [2.45, 2.75) is 36.4 Å². The van der Waals surface area contributed by atoms with E-state index >= 15 is 0 Å². The van der Waals surface area contributed by atoms with E-state index in [2.05, 4.69) is 0 Å². The third-order valence-electron chi connectivity index (χ3n) is 5.13. The molecule has 0 saturated carbocycles. The maximum Gasteiger partial charge on any atom is 0.165 e. The van der Waals surface area contributed by atoms with Gasteiger partial charge in [0.25, 0.3) is 0 Å². The molecule has 0 aromatic heterocycles. The lowest BCUT2D eigenvalue weighted by atomic mass is 9.53. The fourth-order valence-corrected chi connectivity index (χ4v) is 4.20. The maximum atomic E-state index is 10.9. The number of hydrogen-bond acceptors (Lipinski definition) is 4. The van der Waals surface area contributed by atoms with Crippen LogP contribution in [0.5, 0.6) is 11.5 Å². The van der Waals surface area contributed by atoms with Crippen LogP contribution in [0.3, 0.4) is 0 Å². The van der Waals surface area contributed by atoms with Gasteiger partial charge in [-0.1, -0.05) is 18.2 Å². The molecular formula is C18H21NO3. The van der Waals surface area contributed by atoms with E-state index in [4.69, 9.17) is 19.1 Å². The van der Waals surface area contributed by atoms with Gasteiger partial charge in [-0.2, -0.15) is 0 Å². The lowest BCUT2D eigenvalue weighted by Crippen LogP contribution is -2.64. The minimum atomic E-state index is -2.67. The van der Waals surface area contributed by atoms with Gasteiger partial charge in [-0.05, 0) is 37.9 Å². The molecule has 1 aromatic rings. The second kappa shape index (κ2) is 4.06. The number of piperidine rings is 1. The fourth-order valence-electron chi connectivity index (χ4n) is 4.20. The molecule has 0 radical (unpaired) electrons. The molecule has 1 saturated heterocycles. The number of hydrogen-bond donors (Lipinski definition) is 1. The number of rotatable bonds is 1. The van der Waals surface area contributed by atoms with Gasteiger partial charge in [0.1, 0.15) is 12.2 Å². The summed E-state index contributed by atoms with van der Waals surface area (Å²) in [5.74, 6) is -1.75. The summed E-state index contributed by atoms with van der Waals surface area (Å²) >= 11 is 0. The highest BCUT2D eigenvalue weighted by atomic mass is 16.5. The SMILES string of the molecule is [2H]C1([2H])c2ccc(OC)c3c2[C@]24CCN(C([2H])([2H])[2H])[C@H]1[C@]2([2H])C=CC([2H])(O)C4([2H])O3. The molecule has 2 bridgehead atoms. The Hall–Kier alpha value is -1.52. The molecule has 5 atom stereocenters. The number of ether oxygens (including phenoxy) is 2. The average Bonchev–Trinajstić information content (AvgIpc) is 2.91. The first kappa shape index (κ1) is 7.37. The zero-order valence-corrected chi connectivity index (χ0v) is 12.0. The summed E-state index contributed by atoms with van der Waals surface area (Å²) in [4.78, 5) is 0.996. The topological polar surface area (TPSA) is 41.9 Å². The number of benzene rings is 1. The molecule has 2 unspecified atom stereocenters. The summed E-state index contributed by atoms with van der Waals surface area (Å²) in [7, 11) is 1.38. The first-order chi connectivity index (χ1) is 13.7. The van der Waals surface area contributed by atoms with Gasteiger partial charge >= 0.3 is 0 Å². The lowest BCUT2D eigenvalue weighted by molar-refractivity contribution is -0.0453. The average molecular weight is 307 g/mol. The Kier molecular flexibility index (Phi) is 1.36. The Bertz CT molecular complexity index is 994. The summed E-state index contributed by atoms with van der Waals surface area (Å²) in [6.45, 7) is -2.82. The predicted molar refractivity (Wildman–Crippen MR) is 82.5 cm³/mol. The molecule has 1 fully saturated rings. The van der Waals surface area contributed by atoms with Crippen LogP contribution >= 0.6 is 0 Å². The summed E-state index contributed by atoms with van der Waals surface area (Å²) in [6.07, 6.45) is -5.17. The van der Waals surface area contributed by atoms with Crippen LogP contribution in [-0.2, 0) is 11.8 Å². The van der Waals surface area contributed by atoms with Gasteiger partial charge in [-0.15, -0.1) is 0 Å². The van der Waals surface area contributed by atoms with E-state index < -0.39 is 42.9 Å². The predicted octanol–water partition coefficient (Wildman–Crippen LogP) is 1.50. The summed E-state index contributed by atoms with van der Waals surface area (Å²) < 4.78 is 79.9. The van der Waals surface area contributed by atoms with E-state index in [1.807, 2.05) is 0 Å². The van der Waals surface area contributed by atoms with Crippen LogP contribution in [0.1, 0.15) is 28.5 Å². The normalized spacial score (nSPS) is 59.3. The Labute approximate surface area is 141 Å². The Morgan fingerprint density at radius 1 is 1.55 bits per heavy atom. The van der Waals surface area contributed by atoms with Crippen LogP contribution in [0.2, 0.25) is 0 Å². The number of nitrogens with zero attached hydrogens (tertiary/aromatic N) is 1. The third-order valence-corrected chi connectivity index (χ3v) is 5.13. The van der Waals surface area contributed by atoms with Gasteiger partial charge in [0.05, 0.1) is 9.85 Å². The van der Waals surface area contributed by atoms with Crippen LogP contribution in [-0.4, -0.2) is 48.8 Å². The second-order valence-corrected chi connectivity index (χ2v) is 6.02. The molecular weight excluding hydrogens is 278 g/mol. The molecule has 2 heterocycles. The Morgan fingerprint density at radius 3 is 3.27 bits per heavy atom. The van der Waals surface area contributed by atoms with Crippen molar-refractivity contribution in [2.24, 2.45) is 5.89 Å².